The fourth-order valence-corrected chi connectivity index (χ4v) is 2.95. The van der Waals surface area contributed by atoms with Crippen LogP contribution in [0.25, 0.3) is 0 Å². The van der Waals surface area contributed by atoms with Gasteiger partial charge in [0, 0.05) is 26.7 Å². The highest BCUT2D eigenvalue weighted by molar-refractivity contribution is 14.0. The highest BCUT2D eigenvalue weighted by Crippen LogP contribution is 2.07. The third kappa shape index (κ3) is 7.79. The quantitative estimate of drug-likeness (QED) is 0.255. The Morgan fingerprint density at radius 1 is 1.33 bits per heavy atom. The Morgan fingerprint density at radius 3 is 2.46 bits per heavy atom. The van der Waals surface area contributed by atoms with Crippen LogP contribution in [0.3, 0.4) is 0 Å². The van der Waals surface area contributed by atoms with Crippen LogP contribution in [0.4, 0.5) is 0 Å². The maximum atomic E-state index is 11.5. The van der Waals surface area contributed by atoms with E-state index in [1.807, 2.05) is 20.8 Å². The van der Waals surface area contributed by atoms with Crippen LogP contribution in [0.2, 0.25) is 0 Å². The zero-order valence-electron chi connectivity index (χ0n) is 14.9. The SMILES string of the molecule is CCN(CCCNC(=NC)NCc1nc(C)c(C)o1)S(C)(=O)=O.I. The first-order valence-electron chi connectivity index (χ1n) is 7.60. The summed E-state index contributed by atoms with van der Waals surface area (Å²) in [5, 5.41) is 6.25. The van der Waals surface area contributed by atoms with Crippen molar-refractivity contribution in [3.8, 4) is 0 Å². The molecule has 0 saturated carbocycles. The molecule has 0 saturated heterocycles. The lowest BCUT2D eigenvalue weighted by Gasteiger charge is -2.18. The van der Waals surface area contributed by atoms with Gasteiger partial charge in [0.05, 0.1) is 18.5 Å². The minimum Gasteiger partial charge on any atom is -0.444 e. The average Bonchev–Trinajstić information content (AvgIpc) is 2.79. The van der Waals surface area contributed by atoms with Crippen molar-refractivity contribution in [1.29, 1.82) is 0 Å². The van der Waals surface area contributed by atoms with Crippen LogP contribution >= 0.6 is 24.0 Å². The van der Waals surface area contributed by atoms with Crippen molar-refractivity contribution in [2.75, 3.05) is 32.9 Å². The number of aryl methyl sites for hydroxylation is 2. The van der Waals surface area contributed by atoms with Crippen molar-refractivity contribution in [3.63, 3.8) is 0 Å². The zero-order chi connectivity index (χ0) is 17.5. The molecule has 0 radical (unpaired) electrons. The van der Waals surface area contributed by atoms with E-state index in [2.05, 4.69) is 20.6 Å². The van der Waals surface area contributed by atoms with E-state index in [1.165, 1.54) is 10.6 Å². The average molecular weight is 473 g/mol. The second-order valence-electron chi connectivity index (χ2n) is 5.21. The summed E-state index contributed by atoms with van der Waals surface area (Å²) in [6, 6.07) is 0. The molecular weight excluding hydrogens is 445 g/mol. The molecule has 0 aliphatic carbocycles. The zero-order valence-corrected chi connectivity index (χ0v) is 18.1. The molecule has 10 heteroatoms. The van der Waals surface area contributed by atoms with Crippen molar-refractivity contribution in [3.05, 3.63) is 17.3 Å². The lowest BCUT2D eigenvalue weighted by Crippen LogP contribution is -2.39. The fourth-order valence-electron chi connectivity index (χ4n) is 2.02. The largest absolute Gasteiger partial charge is 0.444 e. The number of hydrogen-bond acceptors (Lipinski definition) is 5. The van der Waals surface area contributed by atoms with Crippen molar-refractivity contribution in [2.24, 2.45) is 4.99 Å². The molecule has 0 aliphatic heterocycles. The first-order chi connectivity index (χ1) is 10.8. The van der Waals surface area contributed by atoms with Gasteiger partial charge in [-0.1, -0.05) is 6.92 Å². The lowest BCUT2D eigenvalue weighted by atomic mass is 10.4. The van der Waals surface area contributed by atoms with E-state index in [0.717, 1.165) is 11.5 Å². The van der Waals surface area contributed by atoms with E-state index in [0.29, 0.717) is 44.5 Å². The van der Waals surface area contributed by atoms with Gasteiger partial charge in [0.15, 0.2) is 5.96 Å². The third-order valence-corrected chi connectivity index (χ3v) is 4.78. The third-order valence-electron chi connectivity index (χ3n) is 3.40. The topological polar surface area (TPSA) is 99.8 Å². The molecule has 0 fully saturated rings. The van der Waals surface area contributed by atoms with Crippen LogP contribution < -0.4 is 10.6 Å². The van der Waals surface area contributed by atoms with Gasteiger partial charge >= 0.3 is 0 Å². The van der Waals surface area contributed by atoms with E-state index in [9.17, 15) is 8.42 Å². The predicted molar refractivity (Wildman–Crippen MR) is 106 cm³/mol. The molecule has 140 valence electrons. The monoisotopic (exact) mass is 473 g/mol. The lowest BCUT2D eigenvalue weighted by molar-refractivity contribution is 0.423. The summed E-state index contributed by atoms with van der Waals surface area (Å²) in [6.07, 6.45) is 1.92. The number of nitrogens with zero attached hydrogens (tertiary/aromatic N) is 3. The van der Waals surface area contributed by atoms with Gasteiger partial charge in [-0.25, -0.2) is 17.7 Å². The molecule has 0 bridgehead atoms. The second-order valence-corrected chi connectivity index (χ2v) is 7.19. The number of guanidine groups is 1. The fraction of sp³-hybridized carbons (Fsp3) is 0.714. The van der Waals surface area contributed by atoms with E-state index < -0.39 is 10.0 Å². The minimum absolute atomic E-state index is 0. The van der Waals surface area contributed by atoms with Gasteiger partial charge in [0.2, 0.25) is 15.9 Å². The molecule has 0 spiro atoms. The highest BCUT2D eigenvalue weighted by Gasteiger charge is 2.13. The number of aliphatic imine (C=N–C) groups is 1. The van der Waals surface area contributed by atoms with Gasteiger partial charge in [-0.2, -0.15) is 0 Å². The van der Waals surface area contributed by atoms with Gasteiger partial charge in [0.25, 0.3) is 0 Å². The molecule has 1 aromatic heterocycles. The number of aromatic nitrogens is 1. The standard InChI is InChI=1S/C14H27N5O3S.HI/c1-6-19(23(5,20)21)9-7-8-16-14(15-4)17-10-13-18-11(2)12(3)22-13;/h6-10H2,1-5H3,(H2,15,16,17);1H. The first-order valence-corrected chi connectivity index (χ1v) is 9.45. The van der Waals surface area contributed by atoms with Crippen LogP contribution in [0.1, 0.15) is 30.7 Å². The first kappa shape index (κ1) is 23.1. The van der Waals surface area contributed by atoms with Gasteiger partial charge < -0.3 is 15.1 Å². The Hall–Kier alpha value is -0.880. The normalized spacial score (nSPS) is 12.2. The van der Waals surface area contributed by atoms with Crippen molar-refractivity contribution in [1.82, 2.24) is 19.9 Å². The number of nitrogens with one attached hydrogen (secondary N) is 2. The van der Waals surface area contributed by atoms with Gasteiger partial charge in [-0.15, -0.1) is 24.0 Å². The molecule has 1 rings (SSSR count). The van der Waals surface area contributed by atoms with E-state index in [1.54, 1.807) is 7.05 Å². The van der Waals surface area contributed by atoms with E-state index in [-0.39, 0.29) is 24.0 Å². The maximum Gasteiger partial charge on any atom is 0.214 e. The molecule has 8 nitrogen and oxygen atoms in total. The Labute approximate surface area is 161 Å². The van der Waals surface area contributed by atoms with Crippen molar-refractivity contribution < 1.29 is 12.8 Å². The summed E-state index contributed by atoms with van der Waals surface area (Å²) < 4.78 is 29.9. The Kier molecular flexibility index (Phi) is 10.5. The molecule has 0 unspecified atom stereocenters. The molecule has 1 aromatic rings. The summed E-state index contributed by atoms with van der Waals surface area (Å²) in [4.78, 5) is 8.40. The van der Waals surface area contributed by atoms with Gasteiger partial charge in [-0.3, -0.25) is 4.99 Å². The van der Waals surface area contributed by atoms with Crippen LogP contribution in [0, 0.1) is 13.8 Å². The molecule has 24 heavy (non-hydrogen) atoms. The number of halogens is 1. The predicted octanol–water partition coefficient (Wildman–Crippen LogP) is 1.25. The minimum atomic E-state index is -3.13. The summed E-state index contributed by atoms with van der Waals surface area (Å²) in [7, 11) is -1.45. The molecule has 2 N–H and O–H groups in total. The van der Waals surface area contributed by atoms with Crippen LogP contribution in [0.15, 0.2) is 9.41 Å². The Balaban J connectivity index is 0.00000529. The summed E-state index contributed by atoms with van der Waals surface area (Å²) in [5.41, 5.74) is 0.880. The maximum absolute atomic E-state index is 11.5. The van der Waals surface area contributed by atoms with Crippen LogP contribution in [0.5, 0.6) is 0 Å². The summed E-state index contributed by atoms with van der Waals surface area (Å²) in [6.45, 7) is 7.63. The Bertz CT molecular complexity index is 611. The highest BCUT2D eigenvalue weighted by atomic mass is 127. The van der Waals surface area contributed by atoms with E-state index in [4.69, 9.17) is 4.42 Å². The number of rotatable bonds is 8. The molecule has 0 amide bonds. The molecular formula is C14H28IN5O3S. The molecule has 0 aliphatic rings. The van der Waals surface area contributed by atoms with Crippen LogP contribution in [-0.2, 0) is 16.6 Å². The van der Waals surface area contributed by atoms with Crippen LogP contribution in [-0.4, -0.2) is 56.6 Å². The molecule has 0 atom stereocenters. The molecule has 1 heterocycles. The number of sulfonamides is 1. The summed E-state index contributed by atoms with van der Waals surface area (Å²) in [5.74, 6) is 2.04. The van der Waals surface area contributed by atoms with Crippen molar-refractivity contribution >= 4 is 40.0 Å². The number of hydrogen-bond donors (Lipinski definition) is 2. The van der Waals surface area contributed by atoms with Gasteiger partial charge in [-0.05, 0) is 20.3 Å². The second kappa shape index (κ2) is 10.9. The van der Waals surface area contributed by atoms with Gasteiger partial charge in [0.1, 0.15) is 5.76 Å². The smallest absolute Gasteiger partial charge is 0.214 e. The van der Waals surface area contributed by atoms with Crippen molar-refractivity contribution in [2.45, 2.75) is 33.7 Å². The number of oxazole rings is 1. The summed E-state index contributed by atoms with van der Waals surface area (Å²) >= 11 is 0. The van der Waals surface area contributed by atoms with E-state index >= 15 is 0 Å². The molecule has 0 aromatic carbocycles. The Morgan fingerprint density at radius 2 is 2.00 bits per heavy atom.